The fourth-order valence-corrected chi connectivity index (χ4v) is 3.99. The third-order valence-corrected chi connectivity index (χ3v) is 4.82. The lowest BCUT2D eigenvalue weighted by Crippen LogP contribution is -2.73. The molecule has 23 heavy (non-hydrogen) atoms. The highest BCUT2D eigenvalue weighted by atomic mass is 16.6. The van der Waals surface area contributed by atoms with Gasteiger partial charge < -0.3 is 14.7 Å². The van der Waals surface area contributed by atoms with Crippen LogP contribution in [0.3, 0.4) is 0 Å². The zero-order valence-corrected chi connectivity index (χ0v) is 14.8. The lowest BCUT2D eigenvalue weighted by molar-refractivity contribution is -0.147. The first kappa shape index (κ1) is 18.0. The predicted molar refractivity (Wildman–Crippen MR) is 87.4 cm³/mol. The molecule has 0 radical (unpaired) electrons. The number of likely N-dealkylation sites (N-methyl/N-ethyl adjacent to an activating group) is 1. The van der Waals surface area contributed by atoms with Crippen LogP contribution in [0, 0.1) is 0 Å². The van der Waals surface area contributed by atoms with Crippen LogP contribution in [0.25, 0.3) is 0 Å². The van der Waals surface area contributed by atoms with Crippen molar-refractivity contribution in [3.63, 3.8) is 0 Å². The molecule has 0 aromatic rings. The van der Waals surface area contributed by atoms with Gasteiger partial charge in [-0.25, -0.2) is 4.79 Å². The molecule has 1 aliphatic heterocycles. The SMILES string of the molecule is CCN(C1CCCC1)C1(CC(=O)O)CN(C(=O)OC(C)(C)C)C1. The molecule has 1 amide bonds. The number of rotatable bonds is 5. The average molecular weight is 326 g/mol. The molecular formula is C17H30N2O4. The van der Waals surface area contributed by atoms with E-state index in [1.807, 2.05) is 20.8 Å². The summed E-state index contributed by atoms with van der Waals surface area (Å²) in [5, 5.41) is 9.35. The molecule has 2 fully saturated rings. The molecule has 0 spiro atoms. The smallest absolute Gasteiger partial charge is 0.410 e. The maximum absolute atomic E-state index is 12.2. The molecule has 1 heterocycles. The summed E-state index contributed by atoms with van der Waals surface area (Å²) >= 11 is 0. The standard InChI is InChI=1S/C17H30N2O4/c1-5-19(13-8-6-7-9-13)17(10-14(20)21)11-18(12-17)15(22)23-16(2,3)4/h13H,5-12H2,1-4H3,(H,20,21). The molecule has 6 heteroatoms. The summed E-state index contributed by atoms with van der Waals surface area (Å²) in [4.78, 5) is 27.5. The maximum atomic E-state index is 12.2. The Hall–Kier alpha value is -1.30. The minimum atomic E-state index is -0.801. The monoisotopic (exact) mass is 326 g/mol. The summed E-state index contributed by atoms with van der Waals surface area (Å²) < 4.78 is 5.40. The third kappa shape index (κ3) is 4.16. The van der Waals surface area contributed by atoms with Gasteiger partial charge >= 0.3 is 12.1 Å². The van der Waals surface area contributed by atoms with Gasteiger partial charge in [0.05, 0.1) is 12.0 Å². The highest BCUT2D eigenvalue weighted by Crippen LogP contribution is 2.37. The van der Waals surface area contributed by atoms with Crippen molar-refractivity contribution in [2.24, 2.45) is 0 Å². The summed E-state index contributed by atoms with van der Waals surface area (Å²) in [6.45, 7) is 9.31. The first-order valence-electron chi connectivity index (χ1n) is 8.63. The van der Waals surface area contributed by atoms with E-state index in [2.05, 4.69) is 11.8 Å². The van der Waals surface area contributed by atoms with Gasteiger partial charge in [0.25, 0.3) is 0 Å². The Balaban J connectivity index is 2.07. The molecule has 0 atom stereocenters. The van der Waals surface area contributed by atoms with Gasteiger partial charge in [-0.2, -0.15) is 0 Å². The van der Waals surface area contributed by atoms with Crippen molar-refractivity contribution in [2.45, 2.75) is 77.0 Å². The zero-order valence-electron chi connectivity index (χ0n) is 14.8. The minimum Gasteiger partial charge on any atom is -0.481 e. The number of likely N-dealkylation sites (tertiary alicyclic amines) is 1. The Bertz CT molecular complexity index is 446. The lowest BCUT2D eigenvalue weighted by atomic mass is 9.83. The zero-order chi connectivity index (χ0) is 17.3. The van der Waals surface area contributed by atoms with E-state index in [4.69, 9.17) is 4.74 Å². The molecule has 2 rings (SSSR count). The van der Waals surface area contributed by atoms with E-state index in [0.29, 0.717) is 19.1 Å². The van der Waals surface area contributed by atoms with Crippen molar-refractivity contribution >= 4 is 12.1 Å². The van der Waals surface area contributed by atoms with Crippen LogP contribution in [0.5, 0.6) is 0 Å². The van der Waals surface area contributed by atoms with Gasteiger partial charge in [0.1, 0.15) is 5.60 Å². The highest BCUT2D eigenvalue weighted by Gasteiger charge is 2.53. The Morgan fingerprint density at radius 1 is 1.26 bits per heavy atom. The first-order chi connectivity index (χ1) is 10.7. The van der Waals surface area contributed by atoms with E-state index in [1.54, 1.807) is 4.90 Å². The highest BCUT2D eigenvalue weighted by molar-refractivity contribution is 5.73. The maximum Gasteiger partial charge on any atom is 0.410 e. The summed E-state index contributed by atoms with van der Waals surface area (Å²) in [6, 6.07) is 0.445. The normalized spacial score (nSPS) is 21.3. The predicted octanol–water partition coefficient (Wildman–Crippen LogP) is 2.72. The third-order valence-electron chi connectivity index (χ3n) is 4.82. The molecule has 1 aliphatic carbocycles. The van der Waals surface area contributed by atoms with E-state index in [-0.39, 0.29) is 12.5 Å². The number of carbonyl (C=O) groups is 2. The van der Waals surface area contributed by atoms with E-state index < -0.39 is 17.1 Å². The van der Waals surface area contributed by atoms with Gasteiger partial charge in [0.2, 0.25) is 0 Å². The Kier molecular flexibility index (Phi) is 5.23. The van der Waals surface area contributed by atoms with Crippen molar-refractivity contribution in [3.8, 4) is 0 Å². The van der Waals surface area contributed by atoms with E-state index in [0.717, 1.165) is 19.4 Å². The van der Waals surface area contributed by atoms with Gasteiger partial charge in [-0.1, -0.05) is 19.8 Å². The molecule has 1 saturated carbocycles. The van der Waals surface area contributed by atoms with Gasteiger partial charge in [-0.3, -0.25) is 9.69 Å². The topological polar surface area (TPSA) is 70.1 Å². The van der Waals surface area contributed by atoms with Crippen molar-refractivity contribution in [2.75, 3.05) is 19.6 Å². The van der Waals surface area contributed by atoms with Crippen LogP contribution >= 0.6 is 0 Å². The molecule has 1 saturated heterocycles. The number of ether oxygens (including phenoxy) is 1. The molecule has 1 N–H and O–H groups in total. The number of hydrogen-bond donors (Lipinski definition) is 1. The van der Waals surface area contributed by atoms with Crippen molar-refractivity contribution < 1.29 is 19.4 Å². The summed E-state index contributed by atoms with van der Waals surface area (Å²) in [5.41, 5.74) is -0.968. The number of amides is 1. The second-order valence-electron chi connectivity index (χ2n) is 7.86. The number of carboxylic acids is 1. The van der Waals surface area contributed by atoms with Gasteiger partial charge in [0.15, 0.2) is 0 Å². The molecule has 0 bridgehead atoms. The number of aliphatic carboxylic acids is 1. The largest absolute Gasteiger partial charge is 0.481 e. The summed E-state index contributed by atoms with van der Waals surface area (Å²) in [5.74, 6) is -0.801. The van der Waals surface area contributed by atoms with Crippen molar-refractivity contribution in [1.82, 2.24) is 9.80 Å². The molecular weight excluding hydrogens is 296 g/mol. The van der Waals surface area contributed by atoms with Gasteiger partial charge in [-0.05, 0) is 40.2 Å². The van der Waals surface area contributed by atoms with Gasteiger partial charge in [0, 0.05) is 19.1 Å². The number of nitrogens with zero attached hydrogens (tertiary/aromatic N) is 2. The van der Waals surface area contributed by atoms with Crippen molar-refractivity contribution in [3.05, 3.63) is 0 Å². The second kappa shape index (κ2) is 6.67. The number of carbonyl (C=O) groups excluding carboxylic acids is 1. The first-order valence-corrected chi connectivity index (χ1v) is 8.63. The summed E-state index contributed by atoms with van der Waals surface area (Å²) in [7, 11) is 0. The van der Waals surface area contributed by atoms with Crippen LogP contribution in [-0.2, 0) is 9.53 Å². The average Bonchev–Trinajstić information content (AvgIpc) is 2.86. The van der Waals surface area contributed by atoms with Crippen LogP contribution < -0.4 is 0 Å². The van der Waals surface area contributed by atoms with E-state index in [9.17, 15) is 14.7 Å². The number of hydrogen-bond acceptors (Lipinski definition) is 4. The van der Waals surface area contributed by atoms with E-state index in [1.165, 1.54) is 12.8 Å². The summed E-state index contributed by atoms with van der Waals surface area (Å²) in [6.07, 6.45) is 4.40. The van der Waals surface area contributed by atoms with Crippen LogP contribution in [0.1, 0.15) is 59.8 Å². The molecule has 0 aromatic carbocycles. The fourth-order valence-electron chi connectivity index (χ4n) is 3.99. The molecule has 132 valence electrons. The fraction of sp³-hybridized carbons (Fsp3) is 0.882. The number of carboxylic acid groups (broad SMARTS) is 1. The minimum absolute atomic E-state index is 0.0800. The van der Waals surface area contributed by atoms with Crippen LogP contribution in [-0.4, -0.2) is 63.8 Å². The van der Waals surface area contributed by atoms with Crippen LogP contribution in [0.4, 0.5) is 4.79 Å². The molecule has 6 nitrogen and oxygen atoms in total. The molecule has 2 aliphatic rings. The van der Waals surface area contributed by atoms with Crippen LogP contribution in [0.2, 0.25) is 0 Å². The second-order valence-corrected chi connectivity index (χ2v) is 7.86. The Morgan fingerprint density at radius 2 is 1.83 bits per heavy atom. The van der Waals surface area contributed by atoms with E-state index >= 15 is 0 Å². The Labute approximate surface area is 138 Å². The Morgan fingerprint density at radius 3 is 2.26 bits per heavy atom. The van der Waals surface area contributed by atoms with Crippen LogP contribution in [0.15, 0.2) is 0 Å². The van der Waals surface area contributed by atoms with Crippen molar-refractivity contribution in [1.29, 1.82) is 0 Å². The van der Waals surface area contributed by atoms with Gasteiger partial charge in [-0.15, -0.1) is 0 Å². The molecule has 0 unspecified atom stereocenters. The quantitative estimate of drug-likeness (QED) is 0.841. The lowest BCUT2D eigenvalue weighted by Gasteiger charge is -2.56. The molecule has 0 aromatic heterocycles.